The van der Waals surface area contributed by atoms with Gasteiger partial charge < -0.3 is 4.74 Å². The first-order chi connectivity index (χ1) is 7.22. The average molecular weight is 204 g/mol. The van der Waals surface area contributed by atoms with Crippen LogP contribution in [0.5, 0.6) is 5.75 Å². The van der Waals surface area contributed by atoms with E-state index in [1.807, 2.05) is 0 Å². The summed E-state index contributed by atoms with van der Waals surface area (Å²) in [4.78, 5) is 10.1. The predicted octanol–water partition coefficient (Wildman–Crippen LogP) is 1.98. The molecule has 0 fully saturated rings. The summed E-state index contributed by atoms with van der Waals surface area (Å²) in [5, 5.41) is 19.5. The summed E-state index contributed by atoms with van der Waals surface area (Å²) in [7, 11) is 0. The van der Waals surface area contributed by atoms with Gasteiger partial charge in [0.2, 0.25) is 0 Å². The summed E-state index contributed by atoms with van der Waals surface area (Å²) in [5.41, 5.74) is 0.623. The van der Waals surface area contributed by atoms with Gasteiger partial charge in [0.1, 0.15) is 5.75 Å². The number of hydrogen-bond acceptors (Lipinski definition) is 4. The fourth-order valence-electron chi connectivity index (χ4n) is 1.63. The van der Waals surface area contributed by atoms with Crippen LogP contribution in [0.1, 0.15) is 17.9 Å². The number of nitro benzene ring substituents is 1. The van der Waals surface area contributed by atoms with Crippen molar-refractivity contribution in [1.82, 2.24) is 0 Å². The quantitative estimate of drug-likeness (QED) is 0.517. The van der Waals surface area contributed by atoms with Crippen LogP contribution in [0.4, 0.5) is 5.69 Å². The van der Waals surface area contributed by atoms with Crippen LogP contribution in [0.2, 0.25) is 0 Å². The molecule has 0 saturated carbocycles. The molecule has 1 heterocycles. The summed E-state index contributed by atoms with van der Waals surface area (Å²) in [6, 6.07) is 6.48. The molecule has 2 rings (SSSR count). The van der Waals surface area contributed by atoms with E-state index in [1.165, 1.54) is 12.1 Å². The molecule has 1 aliphatic rings. The standard InChI is InChI=1S/C10H8N2O3/c11-6-7-3-4-15-10-2-1-8(12(13)14)5-9(7)10/h1-2,5,7H,3-4H2. The van der Waals surface area contributed by atoms with Crippen molar-refractivity contribution in [2.45, 2.75) is 12.3 Å². The molecule has 0 aliphatic carbocycles. The van der Waals surface area contributed by atoms with Crippen molar-refractivity contribution in [3.63, 3.8) is 0 Å². The highest BCUT2D eigenvalue weighted by Gasteiger charge is 2.23. The van der Waals surface area contributed by atoms with E-state index in [1.54, 1.807) is 6.07 Å². The molecule has 5 nitrogen and oxygen atoms in total. The van der Waals surface area contributed by atoms with Gasteiger partial charge in [0.05, 0.1) is 23.5 Å². The molecule has 0 saturated heterocycles. The van der Waals surface area contributed by atoms with Crippen LogP contribution < -0.4 is 4.74 Å². The number of ether oxygens (including phenoxy) is 1. The zero-order chi connectivity index (χ0) is 10.8. The van der Waals surface area contributed by atoms with E-state index < -0.39 is 4.92 Å². The number of non-ortho nitro benzene ring substituents is 1. The summed E-state index contributed by atoms with van der Waals surface area (Å²) in [6.45, 7) is 0.489. The normalized spacial score (nSPS) is 18.5. The van der Waals surface area contributed by atoms with Crippen molar-refractivity contribution in [2.75, 3.05) is 6.61 Å². The fraction of sp³-hybridized carbons (Fsp3) is 0.300. The van der Waals surface area contributed by atoms with Crippen molar-refractivity contribution >= 4 is 5.69 Å². The second-order valence-corrected chi connectivity index (χ2v) is 3.30. The van der Waals surface area contributed by atoms with Crippen molar-refractivity contribution in [1.29, 1.82) is 5.26 Å². The van der Waals surface area contributed by atoms with Gasteiger partial charge in [-0.3, -0.25) is 10.1 Å². The zero-order valence-corrected chi connectivity index (χ0v) is 7.84. The molecule has 1 unspecified atom stereocenters. The smallest absolute Gasteiger partial charge is 0.270 e. The molecule has 0 N–H and O–H groups in total. The third-order valence-corrected chi connectivity index (χ3v) is 2.40. The number of rotatable bonds is 1. The Hall–Kier alpha value is -2.09. The van der Waals surface area contributed by atoms with Crippen molar-refractivity contribution in [3.05, 3.63) is 33.9 Å². The first kappa shape index (κ1) is 9.46. The Morgan fingerprint density at radius 3 is 3.07 bits per heavy atom. The first-order valence-corrected chi connectivity index (χ1v) is 4.53. The van der Waals surface area contributed by atoms with Crippen LogP contribution in [0.3, 0.4) is 0 Å². The molecule has 0 radical (unpaired) electrons. The number of nitro groups is 1. The van der Waals surface area contributed by atoms with Gasteiger partial charge in [0, 0.05) is 24.1 Å². The summed E-state index contributed by atoms with van der Waals surface area (Å²) in [6.07, 6.45) is 0.588. The van der Waals surface area contributed by atoms with E-state index in [2.05, 4.69) is 6.07 Å². The number of nitriles is 1. The minimum atomic E-state index is -0.469. The molecule has 0 spiro atoms. The van der Waals surface area contributed by atoms with E-state index in [9.17, 15) is 10.1 Å². The van der Waals surface area contributed by atoms with E-state index in [4.69, 9.17) is 10.00 Å². The highest BCUT2D eigenvalue weighted by Crippen LogP contribution is 2.35. The van der Waals surface area contributed by atoms with Gasteiger partial charge in [-0.15, -0.1) is 0 Å². The van der Waals surface area contributed by atoms with Crippen LogP contribution in [0.15, 0.2) is 18.2 Å². The van der Waals surface area contributed by atoms with Gasteiger partial charge in [-0.1, -0.05) is 0 Å². The minimum Gasteiger partial charge on any atom is -0.493 e. The summed E-state index contributed by atoms with van der Waals surface area (Å²) >= 11 is 0. The molecular formula is C10H8N2O3. The molecule has 1 aromatic carbocycles. The Balaban J connectivity index is 2.49. The van der Waals surface area contributed by atoms with E-state index in [0.29, 0.717) is 24.3 Å². The molecule has 5 heteroatoms. The number of benzene rings is 1. The maximum absolute atomic E-state index is 10.6. The Morgan fingerprint density at radius 1 is 1.60 bits per heavy atom. The topological polar surface area (TPSA) is 76.2 Å². The fourth-order valence-corrected chi connectivity index (χ4v) is 1.63. The monoisotopic (exact) mass is 204 g/mol. The summed E-state index contributed by atoms with van der Waals surface area (Å²) < 4.78 is 5.32. The van der Waals surface area contributed by atoms with E-state index in [-0.39, 0.29) is 11.6 Å². The van der Waals surface area contributed by atoms with Gasteiger partial charge in [-0.05, 0) is 6.07 Å². The molecule has 0 amide bonds. The lowest BCUT2D eigenvalue weighted by molar-refractivity contribution is -0.385. The third kappa shape index (κ3) is 1.62. The molecule has 0 bridgehead atoms. The average Bonchev–Trinajstić information content (AvgIpc) is 2.27. The first-order valence-electron chi connectivity index (χ1n) is 4.53. The molecule has 1 atom stereocenters. The molecule has 76 valence electrons. The lowest BCUT2D eigenvalue weighted by Crippen LogP contribution is -2.13. The second-order valence-electron chi connectivity index (χ2n) is 3.30. The zero-order valence-electron chi connectivity index (χ0n) is 7.84. The van der Waals surface area contributed by atoms with Crippen LogP contribution in [0, 0.1) is 21.4 Å². The Kier molecular flexibility index (Phi) is 2.26. The minimum absolute atomic E-state index is 0.000463. The van der Waals surface area contributed by atoms with Gasteiger partial charge in [-0.2, -0.15) is 5.26 Å². The lowest BCUT2D eigenvalue weighted by atomic mass is 9.94. The van der Waals surface area contributed by atoms with E-state index >= 15 is 0 Å². The molecule has 0 aromatic heterocycles. The van der Waals surface area contributed by atoms with Gasteiger partial charge in [0.25, 0.3) is 5.69 Å². The van der Waals surface area contributed by atoms with Crippen LogP contribution >= 0.6 is 0 Å². The van der Waals surface area contributed by atoms with Gasteiger partial charge >= 0.3 is 0 Å². The van der Waals surface area contributed by atoms with Crippen LogP contribution in [-0.2, 0) is 0 Å². The van der Waals surface area contributed by atoms with Crippen molar-refractivity contribution in [3.8, 4) is 11.8 Å². The molecule has 15 heavy (non-hydrogen) atoms. The van der Waals surface area contributed by atoms with Gasteiger partial charge in [0.15, 0.2) is 0 Å². The van der Waals surface area contributed by atoms with Crippen molar-refractivity contribution < 1.29 is 9.66 Å². The molecular weight excluding hydrogens is 196 g/mol. The Bertz CT molecular complexity index is 450. The SMILES string of the molecule is N#CC1CCOc2ccc([N+](=O)[O-])cc21. The Labute approximate surface area is 86.0 Å². The Morgan fingerprint density at radius 2 is 2.40 bits per heavy atom. The van der Waals surface area contributed by atoms with Gasteiger partial charge in [-0.25, -0.2) is 0 Å². The molecule has 1 aliphatic heterocycles. The molecule has 1 aromatic rings. The number of fused-ring (bicyclic) bond motifs is 1. The van der Waals surface area contributed by atoms with Crippen LogP contribution in [-0.4, -0.2) is 11.5 Å². The predicted molar refractivity (Wildman–Crippen MR) is 51.6 cm³/mol. The largest absolute Gasteiger partial charge is 0.493 e. The summed E-state index contributed by atoms with van der Waals surface area (Å²) in [5.74, 6) is 0.284. The van der Waals surface area contributed by atoms with Crippen LogP contribution in [0.25, 0.3) is 0 Å². The highest BCUT2D eigenvalue weighted by atomic mass is 16.6. The second kappa shape index (κ2) is 3.58. The number of hydrogen-bond donors (Lipinski definition) is 0. The maximum Gasteiger partial charge on any atom is 0.270 e. The lowest BCUT2D eigenvalue weighted by Gasteiger charge is -2.20. The highest BCUT2D eigenvalue weighted by molar-refractivity contribution is 5.48. The maximum atomic E-state index is 10.6. The van der Waals surface area contributed by atoms with E-state index in [0.717, 1.165) is 0 Å². The number of nitrogens with zero attached hydrogens (tertiary/aromatic N) is 2. The van der Waals surface area contributed by atoms with Crippen molar-refractivity contribution in [2.24, 2.45) is 0 Å². The third-order valence-electron chi connectivity index (χ3n) is 2.40.